The zero-order chi connectivity index (χ0) is 29.3. The Balaban J connectivity index is 1.12. The summed E-state index contributed by atoms with van der Waals surface area (Å²) in [5.41, 5.74) is 3.33. The van der Waals surface area contributed by atoms with Crippen LogP contribution in [0.3, 0.4) is 0 Å². The van der Waals surface area contributed by atoms with E-state index >= 15 is 0 Å². The number of hydrogen-bond donors (Lipinski definition) is 2. The molecule has 12 nitrogen and oxygen atoms in total. The van der Waals surface area contributed by atoms with Gasteiger partial charge in [-0.3, -0.25) is 9.59 Å². The second kappa shape index (κ2) is 13.6. The molecule has 0 bridgehead atoms. The molecule has 0 aliphatic heterocycles. The minimum absolute atomic E-state index is 0.175. The van der Waals surface area contributed by atoms with E-state index in [1.165, 1.54) is 0 Å². The van der Waals surface area contributed by atoms with Crippen LogP contribution in [-0.2, 0) is 22.4 Å². The molecule has 0 unspecified atom stereocenters. The SMILES string of the molecule is COc1ccc(CC(=O)Nc2ccc([C@H]3CCC[C@H](c4ccc(NC(=O)Cc5ccc(OC)nc5)nn4)C3)nn2)cn1. The zero-order valence-electron chi connectivity index (χ0n) is 23.5. The van der Waals surface area contributed by atoms with E-state index in [9.17, 15) is 9.59 Å². The highest BCUT2D eigenvalue weighted by atomic mass is 16.5. The number of rotatable bonds is 10. The summed E-state index contributed by atoms with van der Waals surface area (Å²) in [7, 11) is 3.09. The molecule has 42 heavy (non-hydrogen) atoms. The van der Waals surface area contributed by atoms with Crippen LogP contribution >= 0.6 is 0 Å². The van der Waals surface area contributed by atoms with Crippen molar-refractivity contribution in [3.05, 3.63) is 83.4 Å². The second-order valence-corrected chi connectivity index (χ2v) is 10.1. The molecule has 5 rings (SSSR count). The molecule has 2 amide bonds. The summed E-state index contributed by atoms with van der Waals surface area (Å²) < 4.78 is 10.1. The normalized spacial score (nSPS) is 16.3. The van der Waals surface area contributed by atoms with Crippen molar-refractivity contribution >= 4 is 23.5 Å². The average Bonchev–Trinajstić information content (AvgIpc) is 3.02. The minimum Gasteiger partial charge on any atom is -0.481 e. The van der Waals surface area contributed by atoms with E-state index in [1.54, 1.807) is 63.0 Å². The highest BCUT2D eigenvalue weighted by molar-refractivity contribution is 5.91. The van der Waals surface area contributed by atoms with Crippen LogP contribution in [0.4, 0.5) is 11.6 Å². The monoisotopic (exact) mass is 568 g/mol. The summed E-state index contributed by atoms with van der Waals surface area (Å²) >= 11 is 0. The van der Waals surface area contributed by atoms with Gasteiger partial charge in [-0.05, 0) is 54.7 Å². The molecule has 1 saturated carbocycles. The average molecular weight is 569 g/mol. The highest BCUT2D eigenvalue weighted by Crippen LogP contribution is 2.40. The Hall–Kier alpha value is -5.00. The van der Waals surface area contributed by atoms with Crippen LogP contribution in [0.25, 0.3) is 0 Å². The number of nitrogens with one attached hydrogen (secondary N) is 2. The van der Waals surface area contributed by atoms with E-state index in [2.05, 4.69) is 41.0 Å². The molecular weight excluding hydrogens is 536 g/mol. The van der Waals surface area contributed by atoms with Gasteiger partial charge in [0.25, 0.3) is 0 Å². The van der Waals surface area contributed by atoms with Crippen LogP contribution in [-0.4, -0.2) is 56.4 Å². The fourth-order valence-corrected chi connectivity index (χ4v) is 5.00. The van der Waals surface area contributed by atoms with Crippen molar-refractivity contribution in [2.75, 3.05) is 24.9 Å². The molecule has 2 N–H and O–H groups in total. The number of anilines is 2. The van der Waals surface area contributed by atoms with Gasteiger partial charge in [0.05, 0.1) is 38.4 Å². The maximum atomic E-state index is 12.4. The van der Waals surface area contributed by atoms with Crippen LogP contribution < -0.4 is 20.1 Å². The molecule has 2 atom stereocenters. The lowest BCUT2D eigenvalue weighted by Gasteiger charge is -2.28. The summed E-state index contributed by atoms with van der Waals surface area (Å²) in [6.07, 6.45) is 7.48. The third-order valence-electron chi connectivity index (χ3n) is 7.16. The molecule has 1 aliphatic rings. The predicted octanol–water partition coefficient (Wildman–Crippen LogP) is 3.88. The van der Waals surface area contributed by atoms with Crippen molar-refractivity contribution < 1.29 is 19.1 Å². The van der Waals surface area contributed by atoms with E-state index in [0.717, 1.165) is 48.2 Å². The molecule has 1 aliphatic carbocycles. The summed E-state index contributed by atoms with van der Waals surface area (Å²) in [6.45, 7) is 0. The van der Waals surface area contributed by atoms with Gasteiger partial charge in [0.1, 0.15) is 0 Å². The molecule has 4 aromatic rings. The molecule has 216 valence electrons. The van der Waals surface area contributed by atoms with Gasteiger partial charge in [-0.2, -0.15) is 10.2 Å². The fourth-order valence-electron chi connectivity index (χ4n) is 5.00. The van der Waals surface area contributed by atoms with Crippen LogP contribution in [0.2, 0.25) is 0 Å². The molecule has 4 aromatic heterocycles. The van der Waals surface area contributed by atoms with Gasteiger partial charge in [0.15, 0.2) is 11.6 Å². The molecule has 0 saturated heterocycles. The van der Waals surface area contributed by atoms with E-state index in [1.807, 2.05) is 12.1 Å². The number of aromatic nitrogens is 6. The first-order chi connectivity index (χ1) is 20.5. The lowest BCUT2D eigenvalue weighted by atomic mass is 9.78. The first-order valence-electron chi connectivity index (χ1n) is 13.7. The molecule has 0 aromatic carbocycles. The molecule has 12 heteroatoms. The van der Waals surface area contributed by atoms with E-state index in [4.69, 9.17) is 9.47 Å². The van der Waals surface area contributed by atoms with Crippen molar-refractivity contribution in [2.24, 2.45) is 0 Å². The number of ether oxygens (including phenoxy) is 2. The Labute approximate surface area is 243 Å². The standard InChI is InChI=1S/C30H32N8O4/c1-41-29-12-6-19(17-31-29)14-27(39)33-25-10-8-23(35-37-25)21-4-3-5-22(16-21)24-9-11-26(38-36-24)34-28(40)15-20-7-13-30(42-2)32-18-20/h6-13,17-18,21-22H,3-5,14-16H2,1-2H3,(H,33,37,39)(H,34,38,40)/t21-,22-/m0/s1. The molecule has 1 fully saturated rings. The van der Waals surface area contributed by atoms with Gasteiger partial charge in [0, 0.05) is 36.4 Å². The maximum Gasteiger partial charge on any atom is 0.230 e. The third-order valence-corrected chi connectivity index (χ3v) is 7.16. The lowest BCUT2D eigenvalue weighted by Crippen LogP contribution is -2.18. The molecule has 4 heterocycles. The lowest BCUT2D eigenvalue weighted by molar-refractivity contribution is -0.116. The van der Waals surface area contributed by atoms with Crippen molar-refractivity contribution in [3.63, 3.8) is 0 Å². The third kappa shape index (κ3) is 7.59. The maximum absolute atomic E-state index is 12.4. The van der Waals surface area contributed by atoms with Gasteiger partial charge in [-0.1, -0.05) is 18.6 Å². The zero-order valence-corrected chi connectivity index (χ0v) is 23.5. The van der Waals surface area contributed by atoms with Gasteiger partial charge in [0.2, 0.25) is 23.6 Å². The van der Waals surface area contributed by atoms with Crippen LogP contribution in [0.1, 0.15) is 60.0 Å². The van der Waals surface area contributed by atoms with Crippen molar-refractivity contribution in [1.29, 1.82) is 0 Å². The number of amides is 2. The van der Waals surface area contributed by atoms with Crippen molar-refractivity contribution in [3.8, 4) is 11.8 Å². The number of carbonyl (C=O) groups excluding carboxylic acids is 2. The van der Waals surface area contributed by atoms with E-state index in [-0.39, 0.29) is 36.5 Å². The molecular formula is C30H32N8O4. The topological polar surface area (TPSA) is 154 Å². The largest absolute Gasteiger partial charge is 0.481 e. The predicted molar refractivity (Wildman–Crippen MR) is 154 cm³/mol. The Kier molecular flexibility index (Phi) is 9.22. The smallest absolute Gasteiger partial charge is 0.230 e. The van der Waals surface area contributed by atoms with Gasteiger partial charge in [-0.15, -0.1) is 10.2 Å². The highest BCUT2D eigenvalue weighted by Gasteiger charge is 2.27. The number of hydrogen-bond acceptors (Lipinski definition) is 10. The van der Waals surface area contributed by atoms with Crippen LogP contribution in [0.5, 0.6) is 11.8 Å². The van der Waals surface area contributed by atoms with Crippen molar-refractivity contribution in [2.45, 2.75) is 50.4 Å². The first-order valence-corrected chi connectivity index (χ1v) is 13.7. The number of carbonyl (C=O) groups is 2. The second-order valence-electron chi connectivity index (χ2n) is 10.1. The van der Waals surface area contributed by atoms with E-state index < -0.39 is 0 Å². The van der Waals surface area contributed by atoms with Gasteiger partial charge < -0.3 is 20.1 Å². The summed E-state index contributed by atoms with van der Waals surface area (Å²) in [4.78, 5) is 33.1. The Morgan fingerprint density at radius 3 is 1.52 bits per heavy atom. The number of methoxy groups -OCH3 is 2. The van der Waals surface area contributed by atoms with Crippen molar-refractivity contribution in [1.82, 2.24) is 30.4 Å². The summed E-state index contributed by atoms with van der Waals surface area (Å²) in [6, 6.07) is 14.5. The Bertz CT molecular complexity index is 1370. The summed E-state index contributed by atoms with van der Waals surface area (Å²) in [5.74, 6) is 1.87. The number of nitrogens with zero attached hydrogens (tertiary/aromatic N) is 6. The molecule has 0 radical (unpaired) electrons. The van der Waals surface area contributed by atoms with Gasteiger partial charge >= 0.3 is 0 Å². The molecule has 0 spiro atoms. The first kappa shape index (κ1) is 28.5. The van der Waals surface area contributed by atoms with E-state index in [0.29, 0.717) is 23.4 Å². The van der Waals surface area contributed by atoms with Crippen LogP contribution in [0.15, 0.2) is 60.9 Å². The Morgan fingerprint density at radius 1 is 0.690 bits per heavy atom. The fraction of sp³-hybridized carbons (Fsp3) is 0.333. The van der Waals surface area contributed by atoms with Gasteiger partial charge in [-0.25, -0.2) is 9.97 Å². The quantitative estimate of drug-likeness (QED) is 0.288. The summed E-state index contributed by atoms with van der Waals surface area (Å²) in [5, 5.41) is 22.9. The minimum atomic E-state index is -0.197. The number of pyridine rings is 2. The van der Waals surface area contributed by atoms with Crippen LogP contribution in [0, 0.1) is 0 Å². The Morgan fingerprint density at radius 2 is 1.17 bits per heavy atom.